The number of nitrogens with one attached hydrogen (secondary N) is 1. The topological polar surface area (TPSA) is 86.5 Å². The van der Waals surface area contributed by atoms with Gasteiger partial charge in [-0.3, -0.25) is 14.6 Å². The highest BCUT2D eigenvalue weighted by Gasteiger charge is 2.45. The minimum atomic E-state index is -0.678. The summed E-state index contributed by atoms with van der Waals surface area (Å²) in [7, 11) is 0. The third-order valence-electron chi connectivity index (χ3n) is 5.57. The van der Waals surface area contributed by atoms with Gasteiger partial charge in [0.1, 0.15) is 30.5 Å². The van der Waals surface area contributed by atoms with Crippen LogP contribution in [0.2, 0.25) is 0 Å². The van der Waals surface area contributed by atoms with Gasteiger partial charge >= 0.3 is 0 Å². The lowest BCUT2D eigenvalue weighted by molar-refractivity contribution is -0.695. The van der Waals surface area contributed by atoms with Crippen LogP contribution in [0.15, 0.2) is 91.5 Å². The van der Waals surface area contributed by atoms with Gasteiger partial charge in [-0.05, 0) is 29.8 Å². The zero-order valence-electron chi connectivity index (χ0n) is 18.2. The molecule has 2 aromatic carbocycles. The Morgan fingerprint density at radius 1 is 1.15 bits per heavy atom. The van der Waals surface area contributed by atoms with Gasteiger partial charge in [-0.2, -0.15) is 0 Å². The van der Waals surface area contributed by atoms with Crippen LogP contribution in [0.4, 0.5) is 0 Å². The summed E-state index contributed by atoms with van der Waals surface area (Å²) in [5.41, 5.74) is 1.32. The van der Waals surface area contributed by atoms with Crippen molar-refractivity contribution in [1.82, 2.24) is 9.88 Å². The fraction of sp³-hybridized carbons (Fsp3) is 0.192. The minimum Gasteiger partial charge on any atom is -0.507 e. The molecule has 1 aliphatic heterocycles. The summed E-state index contributed by atoms with van der Waals surface area (Å²) >= 11 is 0. The zero-order valence-corrected chi connectivity index (χ0v) is 18.2. The van der Waals surface area contributed by atoms with Gasteiger partial charge in [0.05, 0.1) is 18.2 Å². The Morgan fingerprint density at radius 3 is 2.58 bits per heavy atom. The lowest BCUT2D eigenvalue weighted by Crippen LogP contribution is -2.36. The maximum absolute atomic E-state index is 13.1. The number of hydrogen-bond acceptors (Lipinski definition) is 4. The molecule has 1 unspecified atom stereocenters. The first-order valence-electron chi connectivity index (χ1n) is 10.8. The van der Waals surface area contributed by atoms with Gasteiger partial charge in [-0.1, -0.05) is 43.0 Å². The van der Waals surface area contributed by atoms with E-state index in [2.05, 4.69) is 11.6 Å². The van der Waals surface area contributed by atoms with Gasteiger partial charge in [0.2, 0.25) is 6.33 Å². The molecule has 3 aromatic rings. The summed E-state index contributed by atoms with van der Waals surface area (Å²) in [5.74, 6) is -0.855. The maximum Gasteiger partial charge on any atom is 0.295 e. The molecule has 7 nitrogen and oxygen atoms in total. The van der Waals surface area contributed by atoms with E-state index in [0.717, 1.165) is 5.56 Å². The van der Waals surface area contributed by atoms with E-state index in [1.807, 2.05) is 53.6 Å². The van der Waals surface area contributed by atoms with Crippen LogP contribution in [-0.4, -0.2) is 39.8 Å². The number of carbonyl (C=O) groups excluding carboxylic acids is 2. The van der Waals surface area contributed by atoms with E-state index in [0.29, 0.717) is 37.4 Å². The summed E-state index contributed by atoms with van der Waals surface area (Å²) in [6.45, 7) is 5.06. The number of aliphatic hydroxyl groups excluding tert-OH is 1. The van der Waals surface area contributed by atoms with Crippen molar-refractivity contribution in [3.05, 3.63) is 103 Å². The Kier molecular flexibility index (Phi) is 6.69. The Balaban J connectivity index is 1.66. The van der Waals surface area contributed by atoms with Crippen LogP contribution >= 0.6 is 0 Å². The van der Waals surface area contributed by atoms with Crippen molar-refractivity contribution in [1.29, 1.82) is 0 Å². The highest BCUT2D eigenvalue weighted by Crippen LogP contribution is 2.39. The zero-order chi connectivity index (χ0) is 23.2. The Bertz CT molecular complexity index is 1150. The highest BCUT2D eigenvalue weighted by molar-refractivity contribution is 6.46. The van der Waals surface area contributed by atoms with Crippen LogP contribution < -0.4 is 9.30 Å². The average molecular weight is 445 g/mol. The van der Waals surface area contributed by atoms with Crippen molar-refractivity contribution >= 4 is 17.4 Å². The van der Waals surface area contributed by atoms with E-state index in [1.165, 1.54) is 0 Å². The molecule has 0 bridgehead atoms. The first kappa shape index (κ1) is 22.1. The summed E-state index contributed by atoms with van der Waals surface area (Å²) in [6, 6.07) is 15.4. The van der Waals surface area contributed by atoms with E-state index in [1.54, 1.807) is 35.2 Å². The summed E-state index contributed by atoms with van der Waals surface area (Å²) < 4.78 is 7.46. The molecule has 2 N–H and O–H groups in total. The molecule has 0 radical (unpaired) electrons. The number of ketones is 1. The molecule has 1 fully saturated rings. The third kappa shape index (κ3) is 4.72. The Hall–Kier alpha value is -4.13. The summed E-state index contributed by atoms with van der Waals surface area (Å²) in [5, 5.41) is 11.1. The van der Waals surface area contributed by atoms with E-state index in [4.69, 9.17) is 4.74 Å². The van der Waals surface area contributed by atoms with Gasteiger partial charge in [-0.25, -0.2) is 4.57 Å². The molecular formula is C26H26N3O4+. The number of benzene rings is 2. The first-order chi connectivity index (χ1) is 16.1. The molecule has 2 heterocycles. The SMILES string of the molecule is C=CCOc1ccc(/C(O)=C2\C(=O)C(=O)N(CCC[n+]3cc[nH]c3)C2c2ccccc2)cc1. The van der Waals surface area contributed by atoms with Crippen molar-refractivity contribution in [2.24, 2.45) is 0 Å². The number of aromatic amines is 1. The van der Waals surface area contributed by atoms with Crippen molar-refractivity contribution in [2.75, 3.05) is 13.2 Å². The molecule has 0 saturated carbocycles. The molecular weight excluding hydrogens is 418 g/mol. The van der Waals surface area contributed by atoms with Crippen LogP contribution in [0.25, 0.3) is 5.76 Å². The smallest absolute Gasteiger partial charge is 0.295 e. The molecule has 7 heteroatoms. The minimum absolute atomic E-state index is 0.0975. The number of ether oxygens (including phenoxy) is 1. The molecule has 4 rings (SSSR count). The van der Waals surface area contributed by atoms with E-state index in [-0.39, 0.29) is 11.3 Å². The predicted molar refractivity (Wildman–Crippen MR) is 123 cm³/mol. The molecule has 1 aliphatic rings. The molecule has 1 atom stereocenters. The van der Waals surface area contributed by atoms with Crippen molar-refractivity contribution < 1.29 is 24.0 Å². The number of nitrogens with zero attached hydrogens (tertiary/aromatic N) is 2. The number of likely N-dealkylation sites (tertiary alicyclic amines) is 1. The van der Waals surface area contributed by atoms with E-state index < -0.39 is 17.7 Å². The molecule has 33 heavy (non-hydrogen) atoms. The van der Waals surface area contributed by atoms with Gasteiger partial charge < -0.3 is 14.7 Å². The second-order valence-electron chi connectivity index (χ2n) is 7.73. The number of Topliss-reactive ketones (excluding diaryl/α,β-unsaturated/α-hetero) is 1. The van der Waals surface area contributed by atoms with E-state index >= 15 is 0 Å². The van der Waals surface area contributed by atoms with Crippen LogP contribution in [0.1, 0.15) is 23.6 Å². The highest BCUT2D eigenvalue weighted by atomic mass is 16.5. The number of amides is 1. The average Bonchev–Trinajstić information content (AvgIpc) is 3.45. The summed E-state index contributed by atoms with van der Waals surface area (Å²) in [6.07, 6.45) is 7.87. The van der Waals surface area contributed by atoms with Gasteiger partial charge in [0.25, 0.3) is 11.7 Å². The van der Waals surface area contributed by atoms with E-state index in [9.17, 15) is 14.7 Å². The number of aliphatic hydroxyl groups is 1. The molecule has 1 amide bonds. The molecule has 168 valence electrons. The monoisotopic (exact) mass is 444 g/mol. The number of rotatable bonds is 9. The molecule has 1 saturated heterocycles. The fourth-order valence-electron chi connectivity index (χ4n) is 4.00. The van der Waals surface area contributed by atoms with Crippen LogP contribution in [0.5, 0.6) is 5.75 Å². The standard InChI is InChI=1S/C26H25N3O4/c1-2-17-33-21-11-9-20(10-12-21)24(30)22-23(19-7-4-3-5-8-19)29(26(32)25(22)31)15-6-14-28-16-13-27-18-28/h2-5,7-13,16,18,23H,1,6,14-15,17H2,(H,30,31)/p+1. The maximum atomic E-state index is 13.1. The first-order valence-corrected chi connectivity index (χ1v) is 10.8. The largest absolute Gasteiger partial charge is 0.507 e. The number of H-pyrrole nitrogens is 1. The second-order valence-corrected chi connectivity index (χ2v) is 7.73. The van der Waals surface area contributed by atoms with Crippen LogP contribution in [-0.2, 0) is 16.1 Å². The normalized spacial score (nSPS) is 17.3. The predicted octanol–water partition coefficient (Wildman–Crippen LogP) is 3.38. The molecule has 0 spiro atoms. The third-order valence-corrected chi connectivity index (χ3v) is 5.57. The van der Waals surface area contributed by atoms with Crippen molar-refractivity contribution in [3.8, 4) is 5.75 Å². The van der Waals surface area contributed by atoms with Crippen LogP contribution in [0.3, 0.4) is 0 Å². The Morgan fingerprint density at radius 2 is 1.91 bits per heavy atom. The summed E-state index contributed by atoms with van der Waals surface area (Å²) in [4.78, 5) is 30.6. The lowest BCUT2D eigenvalue weighted by atomic mass is 9.95. The Labute approximate surface area is 192 Å². The quantitative estimate of drug-likeness (QED) is 0.174. The van der Waals surface area contributed by atoms with Gasteiger partial charge in [0.15, 0.2) is 0 Å². The van der Waals surface area contributed by atoms with Crippen molar-refractivity contribution in [2.45, 2.75) is 19.0 Å². The van der Waals surface area contributed by atoms with Gasteiger partial charge in [-0.15, -0.1) is 0 Å². The molecule has 0 aliphatic carbocycles. The van der Waals surface area contributed by atoms with Crippen LogP contribution in [0, 0.1) is 0 Å². The number of aryl methyl sites for hydroxylation is 1. The number of carbonyl (C=O) groups is 2. The number of imidazole rings is 1. The number of aromatic nitrogens is 2. The second kappa shape index (κ2) is 9.99. The fourth-order valence-corrected chi connectivity index (χ4v) is 4.00. The number of hydrogen-bond donors (Lipinski definition) is 2. The molecule has 1 aromatic heterocycles. The van der Waals surface area contributed by atoms with Gasteiger partial charge in [0, 0.05) is 18.5 Å². The van der Waals surface area contributed by atoms with Crippen molar-refractivity contribution in [3.63, 3.8) is 0 Å². The lowest BCUT2D eigenvalue weighted by Gasteiger charge is -2.25.